The molecule has 0 atom stereocenters. The topological polar surface area (TPSA) is 71.7 Å². The van der Waals surface area contributed by atoms with Crippen LogP contribution in [0.5, 0.6) is 0 Å². The summed E-state index contributed by atoms with van der Waals surface area (Å²) in [5, 5.41) is 12.6. The molecule has 0 saturated carbocycles. The number of nitrogens with one attached hydrogen (secondary N) is 2. The standard InChI is InChI=1S/C15H22N4O2S/c1-12-9-13(21-19-12)10-17-15(16-6-4-7-20-2)18-11-14-5-3-8-22-14/h3,5,8-9H,4,6-7,10-11H2,1-2H3,(H2,16,17,18). The smallest absolute Gasteiger partial charge is 0.192 e. The third-order valence-corrected chi connectivity index (χ3v) is 3.77. The Hall–Kier alpha value is -1.86. The molecule has 2 N–H and O–H groups in total. The number of nitrogens with zero attached hydrogens (tertiary/aromatic N) is 2. The molecular formula is C15H22N4O2S. The van der Waals surface area contributed by atoms with Crippen molar-refractivity contribution in [2.75, 3.05) is 20.3 Å². The molecule has 0 fully saturated rings. The van der Waals surface area contributed by atoms with Crippen LogP contribution in [0.15, 0.2) is 33.1 Å². The van der Waals surface area contributed by atoms with Gasteiger partial charge in [0.25, 0.3) is 0 Å². The lowest BCUT2D eigenvalue weighted by molar-refractivity contribution is 0.195. The predicted molar refractivity (Wildman–Crippen MR) is 88.0 cm³/mol. The van der Waals surface area contributed by atoms with E-state index < -0.39 is 0 Å². The highest BCUT2D eigenvalue weighted by atomic mass is 32.1. The quantitative estimate of drug-likeness (QED) is 0.443. The Morgan fingerprint density at radius 2 is 2.36 bits per heavy atom. The van der Waals surface area contributed by atoms with Crippen LogP contribution in [0.1, 0.15) is 22.8 Å². The van der Waals surface area contributed by atoms with Crippen LogP contribution in [0.25, 0.3) is 0 Å². The number of hydrogen-bond donors (Lipinski definition) is 2. The van der Waals surface area contributed by atoms with E-state index >= 15 is 0 Å². The molecule has 0 saturated heterocycles. The van der Waals surface area contributed by atoms with Crippen LogP contribution in [0.4, 0.5) is 0 Å². The van der Waals surface area contributed by atoms with Gasteiger partial charge in [0.15, 0.2) is 11.7 Å². The van der Waals surface area contributed by atoms with E-state index in [1.807, 2.05) is 19.1 Å². The monoisotopic (exact) mass is 322 g/mol. The van der Waals surface area contributed by atoms with E-state index in [2.05, 4.69) is 32.2 Å². The molecule has 2 rings (SSSR count). The van der Waals surface area contributed by atoms with Gasteiger partial charge in [-0.3, -0.25) is 0 Å². The summed E-state index contributed by atoms with van der Waals surface area (Å²) < 4.78 is 10.2. The highest BCUT2D eigenvalue weighted by Crippen LogP contribution is 2.07. The Morgan fingerprint density at radius 1 is 1.45 bits per heavy atom. The molecular weight excluding hydrogens is 300 g/mol. The fraction of sp³-hybridized carbons (Fsp3) is 0.467. The maximum Gasteiger partial charge on any atom is 0.192 e. The number of ether oxygens (including phenoxy) is 1. The lowest BCUT2D eigenvalue weighted by atomic mass is 10.4. The average Bonchev–Trinajstić information content (AvgIpc) is 3.17. The van der Waals surface area contributed by atoms with E-state index in [-0.39, 0.29) is 0 Å². The maximum absolute atomic E-state index is 5.18. The van der Waals surface area contributed by atoms with Gasteiger partial charge in [-0.15, -0.1) is 11.3 Å². The van der Waals surface area contributed by atoms with Crippen LogP contribution < -0.4 is 10.6 Å². The number of guanidine groups is 1. The molecule has 0 aliphatic heterocycles. The first-order chi connectivity index (χ1) is 10.8. The number of hydrogen-bond acceptors (Lipinski definition) is 5. The summed E-state index contributed by atoms with van der Waals surface area (Å²) in [5.74, 6) is 1.52. The third-order valence-electron chi connectivity index (χ3n) is 2.90. The van der Waals surface area contributed by atoms with E-state index in [0.29, 0.717) is 6.54 Å². The molecule has 120 valence electrons. The Labute approximate surface area is 134 Å². The first-order valence-electron chi connectivity index (χ1n) is 7.23. The van der Waals surface area contributed by atoms with Crippen molar-refractivity contribution in [3.63, 3.8) is 0 Å². The lowest BCUT2D eigenvalue weighted by Gasteiger charge is -2.11. The van der Waals surface area contributed by atoms with Crippen LogP contribution in [0, 0.1) is 6.92 Å². The van der Waals surface area contributed by atoms with Crippen LogP contribution in [-0.2, 0) is 17.8 Å². The normalized spacial score (nSPS) is 11.6. The molecule has 0 aliphatic carbocycles. The first-order valence-corrected chi connectivity index (χ1v) is 8.11. The SMILES string of the molecule is COCCCNC(=NCc1cc(C)no1)NCc1cccs1. The molecule has 0 aromatic carbocycles. The summed E-state index contributed by atoms with van der Waals surface area (Å²) in [6.45, 7) is 4.65. The van der Waals surface area contributed by atoms with E-state index in [9.17, 15) is 0 Å². The van der Waals surface area contributed by atoms with Crippen molar-refractivity contribution in [1.82, 2.24) is 15.8 Å². The van der Waals surface area contributed by atoms with Crippen molar-refractivity contribution in [2.45, 2.75) is 26.4 Å². The number of aromatic nitrogens is 1. The summed E-state index contributed by atoms with van der Waals surface area (Å²) in [6, 6.07) is 6.03. The van der Waals surface area contributed by atoms with E-state index in [4.69, 9.17) is 9.26 Å². The maximum atomic E-state index is 5.18. The van der Waals surface area contributed by atoms with Gasteiger partial charge in [0.2, 0.25) is 0 Å². The molecule has 6 nitrogen and oxygen atoms in total. The van der Waals surface area contributed by atoms with Crippen molar-refractivity contribution in [3.8, 4) is 0 Å². The van der Waals surface area contributed by atoms with Gasteiger partial charge in [0.05, 0.1) is 12.2 Å². The van der Waals surface area contributed by atoms with Crippen LogP contribution in [0.2, 0.25) is 0 Å². The molecule has 0 aliphatic rings. The zero-order chi connectivity index (χ0) is 15.6. The number of thiophene rings is 1. The van der Waals surface area contributed by atoms with Gasteiger partial charge >= 0.3 is 0 Å². The van der Waals surface area contributed by atoms with Crippen LogP contribution >= 0.6 is 11.3 Å². The van der Waals surface area contributed by atoms with Gasteiger partial charge in [0.1, 0.15) is 6.54 Å². The summed E-state index contributed by atoms with van der Waals surface area (Å²) in [6.07, 6.45) is 0.928. The Bertz CT molecular complexity index is 566. The third kappa shape index (κ3) is 5.87. The number of rotatable bonds is 8. The minimum atomic E-state index is 0.463. The largest absolute Gasteiger partial charge is 0.385 e. The van der Waals surface area contributed by atoms with Gasteiger partial charge in [0, 0.05) is 31.2 Å². The number of aliphatic imine (C=N–C) groups is 1. The summed E-state index contributed by atoms with van der Waals surface area (Å²) in [7, 11) is 1.70. The van der Waals surface area contributed by atoms with Gasteiger partial charge in [-0.25, -0.2) is 4.99 Å². The second-order valence-electron chi connectivity index (χ2n) is 4.81. The van der Waals surface area contributed by atoms with Crippen molar-refractivity contribution in [2.24, 2.45) is 4.99 Å². The second-order valence-corrected chi connectivity index (χ2v) is 5.84. The molecule has 2 heterocycles. The van der Waals surface area contributed by atoms with E-state index in [1.165, 1.54) is 4.88 Å². The summed E-state index contributed by atoms with van der Waals surface area (Å²) in [4.78, 5) is 5.79. The van der Waals surface area contributed by atoms with Crippen molar-refractivity contribution in [1.29, 1.82) is 0 Å². The minimum Gasteiger partial charge on any atom is -0.385 e. The molecule has 0 spiro atoms. The molecule has 0 radical (unpaired) electrons. The average molecular weight is 322 g/mol. The van der Waals surface area contributed by atoms with Crippen molar-refractivity contribution in [3.05, 3.63) is 39.9 Å². The predicted octanol–water partition coefficient (Wildman–Crippen LogP) is 2.32. The number of methoxy groups -OCH3 is 1. The molecule has 0 bridgehead atoms. The molecule has 2 aromatic rings. The van der Waals surface area contributed by atoms with Gasteiger partial charge in [-0.05, 0) is 24.8 Å². The fourth-order valence-electron chi connectivity index (χ4n) is 1.83. The molecule has 0 amide bonds. The summed E-state index contributed by atoms with van der Waals surface area (Å²) >= 11 is 1.72. The minimum absolute atomic E-state index is 0.463. The molecule has 7 heteroatoms. The van der Waals surface area contributed by atoms with Gasteiger partial charge in [-0.1, -0.05) is 11.2 Å². The fourth-order valence-corrected chi connectivity index (χ4v) is 2.47. The molecule has 0 unspecified atom stereocenters. The zero-order valence-electron chi connectivity index (χ0n) is 13.0. The Morgan fingerprint density at radius 3 is 3.05 bits per heavy atom. The highest BCUT2D eigenvalue weighted by molar-refractivity contribution is 7.09. The Kier molecular flexibility index (Phi) is 6.92. The van der Waals surface area contributed by atoms with Crippen LogP contribution in [-0.4, -0.2) is 31.4 Å². The van der Waals surface area contributed by atoms with Crippen molar-refractivity contribution >= 4 is 17.3 Å². The number of aryl methyl sites for hydroxylation is 1. The van der Waals surface area contributed by atoms with Gasteiger partial charge in [-0.2, -0.15) is 0 Å². The van der Waals surface area contributed by atoms with Crippen LogP contribution in [0.3, 0.4) is 0 Å². The Balaban J connectivity index is 1.87. The van der Waals surface area contributed by atoms with E-state index in [1.54, 1.807) is 18.4 Å². The van der Waals surface area contributed by atoms with E-state index in [0.717, 1.165) is 43.5 Å². The second kappa shape index (κ2) is 9.22. The molecule has 2 aromatic heterocycles. The summed E-state index contributed by atoms with van der Waals surface area (Å²) in [5.41, 5.74) is 0.867. The first kappa shape index (κ1) is 16.5. The zero-order valence-corrected chi connectivity index (χ0v) is 13.8. The van der Waals surface area contributed by atoms with Gasteiger partial charge < -0.3 is 19.9 Å². The molecule has 22 heavy (non-hydrogen) atoms. The highest BCUT2D eigenvalue weighted by Gasteiger charge is 2.03. The lowest BCUT2D eigenvalue weighted by Crippen LogP contribution is -2.37. The van der Waals surface area contributed by atoms with Crippen molar-refractivity contribution < 1.29 is 9.26 Å².